The second-order valence-corrected chi connectivity index (χ2v) is 7.48. The summed E-state index contributed by atoms with van der Waals surface area (Å²) in [6.45, 7) is -0.171. The van der Waals surface area contributed by atoms with Crippen molar-refractivity contribution in [3.05, 3.63) is 98.4 Å². The van der Waals surface area contributed by atoms with Crippen molar-refractivity contribution in [1.29, 1.82) is 0 Å². The number of carbonyl (C=O) groups excluding carboxylic acids is 2. The van der Waals surface area contributed by atoms with Crippen LogP contribution >= 0.6 is 22.9 Å². The highest BCUT2D eigenvalue weighted by Crippen LogP contribution is 2.21. The summed E-state index contributed by atoms with van der Waals surface area (Å²) in [5, 5.41) is 4.73. The smallest absolute Gasteiger partial charge is 0.340 e. The largest absolute Gasteiger partial charge is 0.456 e. The maximum absolute atomic E-state index is 12.6. The van der Waals surface area contributed by atoms with E-state index in [-0.39, 0.29) is 29.0 Å². The molecule has 9 heteroatoms. The molecule has 0 aliphatic carbocycles. The third kappa shape index (κ3) is 4.10. The van der Waals surface area contributed by atoms with Crippen molar-refractivity contribution in [2.24, 2.45) is 0 Å². The first kappa shape index (κ1) is 19.8. The lowest BCUT2D eigenvalue weighted by Crippen LogP contribution is -2.17. The first-order valence-corrected chi connectivity index (χ1v) is 10.1. The molecular formula is C21H14ClN3O4S. The first-order valence-electron chi connectivity index (χ1n) is 8.81. The van der Waals surface area contributed by atoms with E-state index < -0.39 is 11.9 Å². The Hall–Kier alpha value is -3.49. The number of para-hydroxylation sites is 1. The molecule has 1 amide bonds. The molecule has 2 heterocycles. The van der Waals surface area contributed by atoms with Gasteiger partial charge in [-0.25, -0.2) is 9.78 Å². The van der Waals surface area contributed by atoms with Crippen molar-refractivity contribution in [2.75, 3.05) is 5.32 Å². The van der Waals surface area contributed by atoms with E-state index in [4.69, 9.17) is 16.3 Å². The van der Waals surface area contributed by atoms with E-state index in [2.05, 4.69) is 10.3 Å². The summed E-state index contributed by atoms with van der Waals surface area (Å²) in [6, 6.07) is 14.4. The number of carbonyl (C=O) groups is 2. The Morgan fingerprint density at radius 2 is 1.83 bits per heavy atom. The summed E-state index contributed by atoms with van der Waals surface area (Å²) in [5.74, 6) is -1.10. The second-order valence-electron chi connectivity index (χ2n) is 6.20. The summed E-state index contributed by atoms with van der Waals surface area (Å²) in [7, 11) is 0. The first-order chi connectivity index (χ1) is 14.5. The fourth-order valence-electron chi connectivity index (χ4n) is 2.78. The zero-order valence-corrected chi connectivity index (χ0v) is 16.9. The second kappa shape index (κ2) is 8.48. The molecule has 4 rings (SSSR count). The molecule has 0 aliphatic rings. The van der Waals surface area contributed by atoms with Crippen LogP contribution in [0.2, 0.25) is 5.02 Å². The van der Waals surface area contributed by atoms with Crippen LogP contribution in [0.5, 0.6) is 0 Å². The number of thiazole rings is 1. The van der Waals surface area contributed by atoms with E-state index >= 15 is 0 Å². The molecule has 1 N–H and O–H groups in total. The molecule has 0 radical (unpaired) electrons. The molecule has 2 aromatic heterocycles. The van der Waals surface area contributed by atoms with Crippen molar-refractivity contribution in [3.63, 3.8) is 0 Å². The van der Waals surface area contributed by atoms with Crippen LogP contribution in [0.4, 0.5) is 5.69 Å². The van der Waals surface area contributed by atoms with Gasteiger partial charge < -0.3 is 10.1 Å². The van der Waals surface area contributed by atoms with Crippen LogP contribution < -0.4 is 10.9 Å². The monoisotopic (exact) mass is 439 g/mol. The lowest BCUT2D eigenvalue weighted by Gasteiger charge is -2.11. The number of rotatable bonds is 5. The van der Waals surface area contributed by atoms with Gasteiger partial charge in [-0.1, -0.05) is 35.9 Å². The number of nitrogens with one attached hydrogen (secondary N) is 1. The van der Waals surface area contributed by atoms with Gasteiger partial charge in [-0.05, 0) is 24.3 Å². The molecule has 0 unspecified atom stereocenters. The molecule has 4 aromatic rings. The van der Waals surface area contributed by atoms with Crippen molar-refractivity contribution in [1.82, 2.24) is 9.38 Å². The van der Waals surface area contributed by atoms with Gasteiger partial charge in [-0.2, -0.15) is 0 Å². The van der Waals surface area contributed by atoms with Gasteiger partial charge in [0.2, 0.25) is 0 Å². The van der Waals surface area contributed by atoms with E-state index in [0.717, 1.165) is 0 Å². The number of benzene rings is 2. The number of hydrogen-bond acceptors (Lipinski definition) is 6. The van der Waals surface area contributed by atoms with E-state index in [1.807, 2.05) is 0 Å². The van der Waals surface area contributed by atoms with E-state index in [0.29, 0.717) is 15.7 Å². The van der Waals surface area contributed by atoms with Crippen LogP contribution in [0, 0.1) is 0 Å². The number of ether oxygens (including phenoxy) is 1. The van der Waals surface area contributed by atoms with Crippen molar-refractivity contribution >= 4 is 45.5 Å². The zero-order valence-electron chi connectivity index (χ0n) is 15.4. The Kier molecular flexibility index (Phi) is 5.60. The van der Waals surface area contributed by atoms with Gasteiger partial charge >= 0.3 is 5.97 Å². The summed E-state index contributed by atoms with van der Waals surface area (Å²) >= 11 is 7.37. The number of aromatic nitrogens is 2. The molecule has 0 atom stereocenters. The highest BCUT2D eigenvalue weighted by Gasteiger charge is 2.17. The Morgan fingerprint density at radius 1 is 1.10 bits per heavy atom. The highest BCUT2D eigenvalue weighted by atomic mass is 35.5. The molecule has 7 nitrogen and oxygen atoms in total. The Labute approximate surface area is 179 Å². The van der Waals surface area contributed by atoms with Crippen molar-refractivity contribution < 1.29 is 14.3 Å². The topological polar surface area (TPSA) is 89.8 Å². The minimum absolute atomic E-state index is 0.171. The van der Waals surface area contributed by atoms with Crippen LogP contribution in [0.15, 0.2) is 71.0 Å². The molecule has 30 heavy (non-hydrogen) atoms. The van der Waals surface area contributed by atoms with Gasteiger partial charge in [-0.3, -0.25) is 14.0 Å². The SMILES string of the molecule is O=C(Nc1ccccc1C(=O)OCc1cc(=O)n2ccsc2n1)c1ccccc1Cl. The minimum atomic E-state index is -0.654. The maximum atomic E-state index is 12.6. The number of anilines is 1. The van der Waals surface area contributed by atoms with Crippen LogP contribution in [-0.4, -0.2) is 21.3 Å². The molecule has 0 saturated carbocycles. The van der Waals surface area contributed by atoms with Crippen LogP contribution in [0.1, 0.15) is 26.4 Å². The van der Waals surface area contributed by atoms with Gasteiger partial charge in [0.25, 0.3) is 11.5 Å². The van der Waals surface area contributed by atoms with Crippen LogP contribution in [0.3, 0.4) is 0 Å². The van der Waals surface area contributed by atoms with Crippen LogP contribution in [-0.2, 0) is 11.3 Å². The average Bonchev–Trinajstić information content (AvgIpc) is 3.22. The van der Waals surface area contributed by atoms with Gasteiger partial charge in [0.15, 0.2) is 4.96 Å². The van der Waals surface area contributed by atoms with Crippen molar-refractivity contribution in [2.45, 2.75) is 6.61 Å². The van der Waals surface area contributed by atoms with E-state index in [9.17, 15) is 14.4 Å². The predicted octanol–water partition coefficient (Wildman–Crippen LogP) is 4.02. The fraction of sp³-hybridized carbons (Fsp3) is 0.0476. The molecule has 0 bridgehead atoms. The van der Waals surface area contributed by atoms with Gasteiger partial charge in [0.1, 0.15) is 6.61 Å². The minimum Gasteiger partial charge on any atom is -0.456 e. The summed E-state index contributed by atoms with van der Waals surface area (Å²) < 4.78 is 6.74. The molecule has 150 valence electrons. The summed E-state index contributed by atoms with van der Waals surface area (Å²) in [4.78, 5) is 42.0. The Bertz CT molecular complexity index is 1310. The zero-order chi connectivity index (χ0) is 21.1. The molecule has 0 fully saturated rings. The Balaban J connectivity index is 1.51. The molecule has 0 spiro atoms. The van der Waals surface area contributed by atoms with E-state index in [1.165, 1.54) is 27.9 Å². The number of fused-ring (bicyclic) bond motifs is 1. The third-order valence-corrected chi connectivity index (χ3v) is 5.31. The third-order valence-electron chi connectivity index (χ3n) is 4.22. The van der Waals surface area contributed by atoms with E-state index in [1.54, 1.807) is 54.0 Å². The Morgan fingerprint density at radius 3 is 2.63 bits per heavy atom. The number of nitrogens with zero attached hydrogens (tertiary/aromatic N) is 2. The van der Waals surface area contributed by atoms with Gasteiger partial charge in [-0.15, -0.1) is 11.3 Å². The quantitative estimate of drug-likeness (QED) is 0.474. The predicted molar refractivity (Wildman–Crippen MR) is 114 cm³/mol. The van der Waals surface area contributed by atoms with Crippen molar-refractivity contribution in [3.8, 4) is 0 Å². The van der Waals surface area contributed by atoms with Crippen LogP contribution in [0.25, 0.3) is 4.96 Å². The standard InChI is InChI=1S/C21H14ClN3O4S/c22-16-7-3-1-5-14(16)19(27)24-17-8-4-2-6-15(17)20(28)29-12-13-11-18(26)25-9-10-30-21(25)23-13/h1-11H,12H2,(H,24,27). The molecule has 0 saturated heterocycles. The summed E-state index contributed by atoms with van der Waals surface area (Å²) in [5.41, 5.74) is 0.838. The number of esters is 1. The normalized spacial score (nSPS) is 10.7. The molecular weight excluding hydrogens is 426 g/mol. The van der Waals surface area contributed by atoms with Gasteiger partial charge in [0, 0.05) is 17.6 Å². The maximum Gasteiger partial charge on any atom is 0.340 e. The lowest BCUT2D eigenvalue weighted by molar-refractivity contribution is 0.0469. The summed E-state index contributed by atoms with van der Waals surface area (Å²) in [6.07, 6.45) is 1.63. The number of halogens is 1. The van der Waals surface area contributed by atoms with Gasteiger partial charge in [0.05, 0.1) is 27.5 Å². The average molecular weight is 440 g/mol. The number of amides is 1. The number of hydrogen-bond donors (Lipinski definition) is 1. The molecule has 2 aromatic carbocycles. The fourth-order valence-corrected chi connectivity index (χ4v) is 3.74. The molecule has 0 aliphatic heterocycles. The highest BCUT2D eigenvalue weighted by molar-refractivity contribution is 7.15. The lowest BCUT2D eigenvalue weighted by atomic mass is 10.1.